The highest BCUT2D eigenvalue weighted by Crippen LogP contribution is 2.21. The first-order valence-corrected chi connectivity index (χ1v) is 10.1. The summed E-state index contributed by atoms with van der Waals surface area (Å²) in [5, 5.41) is 1.75. The summed E-state index contributed by atoms with van der Waals surface area (Å²) in [7, 11) is -3.84. The van der Waals surface area contributed by atoms with E-state index >= 15 is 0 Å². The van der Waals surface area contributed by atoms with Gasteiger partial charge in [-0.25, -0.2) is 12.8 Å². The Hall–Kier alpha value is -1.48. The molecule has 0 saturated carbocycles. The first-order chi connectivity index (χ1) is 11.7. The van der Waals surface area contributed by atoms with Crippen molar-refractivity contribution >= 4 is 38.9 Å². The van der Waals surface area contributed by atoms with E-state index < -0.39 is 27.9 Å². The van der Waals surface area contributed by atoms with Gasteiger partial charge in [-0.15, -0.1) is 11.3 Å². The standard InChI is InChI=1S/C16H17ClFNO4S2/c1-10(2)15(19-25(21,22)14-7-4-8-24-14)16(20)23-9-11-12(17)5-3-6-13(11)18/h3-8,10,15,19H,9H2,1-2H3/t15-/m1/s1. The van der Waals surface area contributed by atoms with Crippen molar-refractivity contribution < 1.29 is 22.3 Å². The van der Waals surface area contributed by atoms with Crippen LogP contribution in [0.2, 0.25) is 5.02 Å². The Balaban J connectivity index is 2.11. The molecular formula is C16H17ClFNO4S2. The molecule has 5 nitrogen and oxygen atoms in total. The third kappa shape index (κ3) is 5.01. The molecule has 0 fully saturated rings. The molecule has 1 heterocycles. The maximum absolute atomic E-state index is 13.7. The van der Waals surface area contributed by atoms with Crippen molar-refractivity contribution in [3.05, 3.63) is 52.1 Å². The predicted octanol–water partition coefficient (Wildman–Crippen LogP) is 3.59. The molecule has 0 unspecified atom stereocenters. The maximum Gasteiger partial charge on any atom is 0.324 e. The minimum atomic E-state index is -3.84. The van der Waals surface area contributed by atoms with Crippen molar-refractivity contribution in [1.82, 2.24) is 4.72 Å². The van der Waals surface area contributed by atoms with Crippen molar-refractivity contribution in [3.63, 3.8) is 0 Å². The molecule has 0 radical (unpaired) electrons. The number of halogens is 2. The molecule has 0 amide bonds. The topological polar surface area (TPSA) is 72.5 Å². The van der Waals surface area contributed by atoms with Crippen LogP contribution in [0.25, 0.3) is 0 Å². The lowest BCUT2D eigenvalue weighted by Gasteiger charge is -2.20. The summed E-state index contributed by atoms with van der Waals surface area (Å²) < 4.78 is 45.9. The van der Waals surface area contributed by atoms with Crippen LogP contribution in [0.4, 0.5) is 4.39 Å². The number of esters is 1. The quantitative estimate of drug-likeness (QED) is 0.714. The van der Waals surface area contributed by atoms with Crippen LogP contribution < -0.4 is 4.72 Å². The predicted molar refractivity (Wildman–Crippen MR) is 94.5 cm³/mol. The monoisotopic (exact) mass is 405 g/mol. The Morgan fingerprint density at radius 2 is 2.04 bits per heavy atom. The Bertz CT molecular complexity index is 818. The number of nitrogens with one attached hydrogen (secondary N) is 1. The van der Waals surface area contributed by atoms with E-state index in [1.165, 1.54) is 24.3 Å². The van der Waals surface area contributed by atoms with Gasteiger partial charge in [-0.3, -0.25) is 4.79 Å². The van der Waals surface area contributed by atoms with Gasteiger partial charge in [0.25, 0.3) is 10.0 Å². The van der Waals surface area contributed by atoms with Gasteiger partial charge in [-0.05, 0) is 29.5 Å². The number of hydrogen-bond acceptors (Lipinski definition) is 5. The lowest BCUT2D eigenvalue weighted by molar-refractivity contribution is -0.148. The van der Waals surface area contributed by atoms with Crippen LogP contribution in [-0.2, 0) is 26.2 Å². The molecular weight excluding hydrogens is 389 g/mol. The fraction of sp³-hybridized carbons (Fsp3) is 0.312. The highest BCUT2D eigenvalue weighted by atomic mass is 35.5. The van der Waals surface area contributed by atoms with Gasteiger partial charge in [-0.2, -0.15) is 4.72 Å². The smallest absolute Gasteiger partial charge is 0.324 e. The molecule has 0 saturated heterocycles. The molecule has 2 rings (SSSR count). The van der Waals surface area contributed by atoms with Gasteiger partial charge in [0.15, 0.2) is 0 Å². The van der Waals surface area contributed by atoms with Gasteiger partial charge < -0.3 is 4.74 Å². The zero-order valence-corrected chi connectivity index (χ0v) is 15.9. The van der Waals surface area contributed by atoms with Crippen molar-refractivity contribution in [3.8, 4) is 0 Å². The molecule has 136 valence electrons. The van der Waals surface area contributed by atoms with Crippen LogP contribution in [-0.4, -0.2) is 20.4 Å². The molecule has 0 aliphatic heterocycles. The van der Waals surface area contributed by atoms with Crippen molar-refractivity contribution in [2.75, 3.05) is 0 Å². The van der Waals surface area contributed by atoms with Crippen LogP contribution in [0.1, 0.15) is 19.4 Å². The lowest BCUT2D eigenvalue weighted by atomic mass is 10.1. The van der Waals surface area contributed by atoms with Gasteiger partial charge in [0.05, 0.1) is 5.02 Å². The van der Waals surface area contributed by atoms with Gasteiger partial charge in [0, 0.05) is 5.56 Å². The lowest BCUT2D eigenvalue weighted by Crippen LogP contribution is -2.45. The van der Waals surface area contributed by atoms with E-state index in [4.69, 9.17) is 16.3 Å². The largest absolute Gasteiger partial charge is 0.459 e. The molecule has 1 aromatic carbocycles. The minimum absolute atomic E-state index is 0.0427. The van der Waals surface area contributed by atoms with E-state index in [1.54, 1.807) is 25.3 Å². The first kappa shape index (κ1) is 19.8. The third-order valence-corrected chi connectivity index (χ3v) is 6.58. The number of sulfonamides is 1. The second-order valence-corrected chi connectivity index (χ2v) is 8.88. The summed E-state index contributed by atoms with van der Waals surface area (Å²) in [6.07, 6.45) is 0. The Morgan fingerprint density at radius 3 is 2.60 bits per heavy atom. The number of benzene rings is 1. The number of hydrogen-bond donors (Lipinski definition) is 1. The summed E-state index contributed by atoms with van der Waals surface area (Å²) in [6.45, 7) is 2.98. The van der Waals surface area contributed by atoms with E-state index in [1.807, 2.05) is 0 Å². The van der Waals surface area contributed by atoms with Gasteiger partial charge in [0.2, 0.25) is 0 Å². The molecule has 0 aliphatic rings. The summed E-state index contributed by atoms with van der Waals surface area (Å²) in [4.78, 5) is 12.3. The summed E-state index contributed by atoms with van der Waals surface area (Å²) in [5.74, 6) is -1.76. The Kier molecular flexibility index (Phi) is 6.56. The maximum atomic E-state index is 13.7. The average molecular weight is 406 g/mol. The molecule has 0 aliphatic carbocycles. The van der Waals surface area contributed by atoms with Crippen LogP contribution in [0.15, 0.2) is 39.9 Å². The zero-order chi connectivity index (χ0) is 18.6. The van der Waals surface area contributed by atoms with Gasteiger partial charge >= 0.3 is 5.97 Å². The van der Waals surface area contributed by atoms with Crippen molar-refractivity contribution in [2.24, 2.45) is 5.92 Å². The SMILES string of the molecule is CC(C)[C@@H](NS(=O)(=O)c1cccs1)C(=O)OCc1c(F)cccc1Cl. The molecule has 0 spiro atoms. The number of carbonyl (C=O) groups is 1. The highest BCUT2D eigenvalue weighted by molar-refractivity contribution is 7.91. The summed E-state index contributed by atoms with van der Waals surface area (Å²) in [5.41, 5.74) is 0.0427. The average Bonchev–Trinajstić information content (AvgIpc) is 3.07. The molecule has 1 aromatic heterocycles. The fourth-order valence-corrected chi connectivity index (χ4v) is 4.56. The molecule has 9 heteroatoms. The van der Waals surface area contributed by atoms with E-state index in [0.29, 0.717) is 0 Å². The summed E-state index contributed by atoms with van der Waals surface area (Å²) in [6, 6.07) is 6.06. The fourth-order valence-electron chi connectivity index (χ4n) is 2.00. The van der Waals surface area contributed by atoms with E-state index in [-0.39, 0.29) is 27.3 Å². The molecule has 1 atom stereocenters. The van der Waals surface area contributed by atoms with Crippen molar-refractivity contribution in [2.45, 2.75) is 30.7 Å². The number of thiophene rings is 1. The van der Waals surface area contributed by atoms with Crippen LogP contribution in [0.5, 0.6) is 0 Å². The molecule has 25 heavy (non-hydrogen) atoms. The Labute approximate surface area is 154 Å². The van der Waals surface area contributed by atoms with E-state index in [2.05, 4.69) is 4.72 Å². The minimum Gasteiger partial charge on any atom is -0.459 e. The van der Waals surface area contributed by atoms with Crippen LogP contribution in [0, 0.1) is 11.7 Å². The normalized spacial score (nSPS) is 13.0. The second-order valence-electron chi connectivity index (χ2n) is 5.58. The van der Waals surface area contributed by atoms with E-state index in [9.17, 15) is 17.6 Å². The number of carbonyl (C=O) groups excluding carboxylic acids is 1. The second kappa shape index (κ2) is 8.27. The van der Waals surface area contributed by atoms with Crippen LogP contribution >= 0.6 is 22.9 Å². The van der Waals surface area contributed by atoms with Gasteiger partial charge in [-0.1, -0.05) is 37.6 Å². The number of ether oxygens (including phenoxy) is 1. The van der Waals surface area contributed by atoms with E-state index in [0.717, 1.165) is 11.3 Å². The zero-order valence-electron chi connectivity index (χ0n) is 13.5. The molecule has 2 aromatic rings. The van der Waals surface area contributed by atoms with Crippen LogP contribution in [0.3, 0.4) is 0 Å². The Morgan fingerprint density at radius 1 is 1.32 bits per heavy atom. The summed E-state index contributed by atoms with van der Waals surface area (Å²) >= 11 is 6.93. The highest BCUT2D eigenvalue weighted by Gasteiger charge is 2.30. The van der Waals surface area contributed by atoms with Crippen molar-refractivity contribution in [1.29, 1.82) is 0 Å². The third-order valence-electron chi connectivity index (χ3n) is 3.38. The number of rotatable bonds is 7. The first-order valence-electron chi connectivity index (χ1n) is 7.37. The van der Waals surface area contributed by atoms with Gasteiger partial charge in [0.1, 0.15) is 22.7 Å². The molecule has 1 N–H and O–H groups in total. The molecule has 0 bridgehead atoms.